The van der Waals surface area contributed by atoms with Crippen LogP contribution in [0.1, 0.15) is 20.3 Å². The molecule has 14 heavy (non-hydrogen) atoms. The number of aliphatic carboxylic acids is 1. The van der Waals surface area contributed by atoms with Gasteiger partial charge in [0.2, 0.25) is 0 Å². The summed E-state index contributed by atoms with van der Waals surface area (Å²) < 4.78 is 4.63. The zero-order chi connectivity index (χ0) is 10.9. The Morgan fingerprint density at radius 3 is 2.14 bits per heavy atom. The summed E-state index contributed by atoms with van der Waals surface area (Å²) in [5, 5.41) is 9.01. The van der Waals surface area contributed by atoms with Gasteiger partial charge in [-0.3, -0.25) is 9.59 Å². The van der Waals surface area contributed by atoms with Gasteiger partial charge in [0.15, 0.2) is 0 Å². The Morgan fingerprint density at radius 1 is 1.21 bits per heavy atom. The molecule has 0 amide bonds. The third-order valence-electron chi connectivity index (χ3n) is 3.12. The molecular formula is C10H16O4. The fraction of sp³-hybridized carbons (Fsp3) is 0.800. The lowest BCUT2D eigenvalue weighted by Gasteiger charge is -2.18. The average Bonchev–Trinajstić information content (AvgIpc) is 2.39. The Labute approximate surface area is 83.2 Å². The highest BCUT2D eigenvalue weighted by molar-refractivity contribution is 5.82. The van der Waals surface area contributed by atoms with Crippen LogP contribution in [-0.2, 0) is 14.3 Å². The molecule has 0 aliphatic heterocycles. The molecule has 1 fully saturated rings. The minimum absolute atomic E-state index is 0.0478. The molecule has 1 aliphatic rings. The summed E-state index contributed by atoms with van der Waals surface area (Å²) in [4.78, 5) is 22.4. The maximum Gasteiger partial charge on any atom is 0.309 e. The first-order chi connectivity index (χ1) is 6.49. The molecule has 1 aliphatic carbocycles. The van der Waals surface area contributed by atoms with E-state index >= 15 is 0 Å². The third kappa shape index (κ3) is 1.74. The van der Waals surface area contributed by atoms with Gasteiger partial charge in [-0.1, -0.05) is 13.8 Å². The molecule has 0 aromatic heterocycles. The van der Waals surface area contributed by atoms with Crippen LogP contribution in [0.3, 0.4) is 0 Å². The minimum atomic E-state index is -0.891. The Morgan fingerprint density at radius 2 is 1.71 bits per heavy atom. The van der Waals surface area contributed by atoms with Gasteiger partial charge >= 0.3 is 11.9 Å². The van der Waals surface area contributed by atoms with E-state index in [-0.39, 0.29) is 11.8 Å². The zero-order valence-corrected chi connectivity index (χ0v) is 8.69. The number of hydrogen-bond acceptors (Lipinski definition) is 3. The van der Waals surface area contributed by atoms with E-state index < -0.39 is 23.8 Å². The van der Waals surface area contributed by atoms with Crippen molar-refractivity contribution in [3.63, 3.8) is 0 Å². The van der Waals surface area contributed by atoms with E-state index in [0.29, 0.717) is 0 Å². The van der Waals surface area contributed by atoms with Gasteiger partial charge in [-0.2, -0.15) is 0 Å². The standard InChI is InChI=1S/C10H16O4/c1-5-4-6(2)8(10(13)14-3)7(5)9(11)12/h5-8H,4H2,1-3H3,(H,11,12). The molecule has 0 heterocycles. The summed E-state index contributed by atoms with van der Waals surface area (Å²) in [6.07, 6.45) is 0.775. The second kappa shape index (κ2) is 3.98. The fourth-order valence-electron chi connectivity index (χ4n) is 2.50. The molecule has 0 aromatic rings. The first kappa shape index (κ1) is 11.0. The SMILES string of the molecule is COC(=O)C1C(C)CC(C)C1C(=O)O. The second-order valence-electron chi connectivity index (χ2n) is 4.10. The van der Waals surface area contributed by atoms with Crippen LogP contribution in [0.25, 0.3) is 0 Å². The molecule has 4 nitrogen and oxygen atoms in total. The van der Waals surface area contributed by atoms with Crippen LogP contribution in [0.15, 0.2) is 0 Å². The third-order valence-corrected chi connectivity index (χ3v) is 3.12. The van der Waals surface area contributed by atoms with Crippen molar-refractivity contribution in [2.24, 2.45) is 23.7 Å². The van der Waals surface area contributed by atoms with E-state index in [1.807, 2.05) is 13.8 Å². The van der Waals surface area contributed by atoms with E-state index in [1.165, 1.54) is 7.11 Å². The van der Waals surface area contributed by atoms with Gasteiger partial charge in [-0.25, -0.2) is 0 Å². The highest BCUT2D eigenvalue weighted by Gasteiger charge is 2.47. The summed E-state index contributed by atoms with van der Waals surface area (Å²) in [5.41, 5.74) is 0. The van der Waals surface area contributed by atoms with Gasteiger partial charge in [0.25, 0.3) is 0 Å². The summed E-state index contributed by atoms with van der Waals surface area (Å²) in [7, 11) is 1.30. The van der Waals surface area contributed by atoms with Gasteiger partial charge in [0.05, 0.1) is 18.9 Å². The topological polar surface area (TPSA) is 63.6 Å². The number of methoxy groups -OCH3 is 1. The van der Waals surface area contributed by atoms with E-state index in [0.717, 1.165) is 6.42 Å². The number of esters is 1. The van der Waals surface area contributed by atoms with Crippen molar-refractivity contribution in [2.75, 3.05) is 7.11 Å². The van der Waals surface area contributed by atoms with Crippen LogP contribution in [0.2, 0.25) is 0 Å². The van der Waals surface area contributed by atoms with Crippen molar-refractivity contribution in [1.82, 2.24) is 0 Å². The Kier molecular flexibility index (Phi) is 3.13. The summed E-state index contributed by atoms with van der Waals surface area (Å²) in [5.74, 6) is -2.21. The Balaban J connectivity index is 2.89. The van der Waals surface area contributed by atoms with Crippen LogP contribution in [0.4, 0.5) is 0 Å². The maximum atomic E-state index is 11.4. The molecule has 80 valence electrons. The van der Waals surface area contributed by atoms with Gasteiger partial charge in [0.1, 0.15) is 0 Å². The van der Waals surface area contributed by atoms with Crippen molar-refractivity contribution in [1.29, 1.82) is 0 Å². The van der Waals surface area contributed by atoms with E-state index in [4.69, 9.17) is 5.11 Å². The normalized spacial score (nSPS) is 36.8. The lowest BCUT2D eigenvalue weighted by atomic mass is 9.88. The number of carboxylic acid groups (broad SMARTS) is 1. The predicted molar refractivity (Wildman–Crippen MR) is 49.6 cm³/mol. The second-order valence-corrected chi connectivity index (χ2v) is 4.10. The number of rotatable bonds is 2. The summed E-state index contributed by atoms with van der Waals surface area (Å²) >= 11 is 0. The van der Waals surface area contributed by atoms with Crippen molar-refractivity contribution >= 4 is 11.9 Å². The Bertz CT molecular complexity index is 249. The summed E-state index contributed by atoms with van der Waals surface area (Å²) in [6.45, 7) is 3.78. The van der Waals surface area contributed by atoms with Crippen LogP contribution in [0, 0.1) is 23.7 Å². The van der Waals surface area contributed by atoms with Crippen molar-refractivity contribution in [2.45, 2.75) is 20.3 Å². The van der Waals surface area contributed by atoms with Crippen molar-refractivity contribution < 1.29 is 19.4 Å². The van der Waals surface area contributed by atoms with Gasteiger partial charge in [0, 0.05) is 0 Å². The lowest BCUT2D eigenvalue weighted by molar-refractivity contribution is -0.156. The first-order valence-electron chi connectivity index (χ1n) is 4.79. The highest BCUT2D eigenvalue weighted by atomic mass is 16.5. The van der Waals surface area contributed by atoms with Gasteiger partial charge in [-0.15, -0.1) is 0 Å². The van der Waals surface area contributed by atoms with Crippen molar-refractivity contribution in [3.05, 3.63) is 0 Å². The number of hydrogen-bond donors (Lipinski definition) is 1. The van der Waals surface area contributed by atoms with Gasteiger partial charge in [-0.05, 0) is 18.3 Å². The molecule has 0 bridgehead atoms. The molecule has 0 spiro atoms. The zero-order valence-electron chi connectivity index (χ0n) is 8.69. The summed E-state index contributed by atoms with van der Waals surface area (Å²) in [6, 6.07) is 0. The first-order valence-corrected chi connectivity index (χ1v) is 4.79. The molecule has 4 atom stereocenters. The van der Waals surface area contributed by atoms with E-state index in [9.17, 15) is 9.59 Å². The molecule has 0 aromatic carbocycles. The van der Waals surface area contributed by atoms with Crippen LogP contribution < -0.4 is 0 Å². The molecular weight excluding hydrogens is 184 g/mol. The predicted octanol–water partition coefficient (Wildman–Crippen LogP) is 1.15. The average molecular weight is 200 g/mol. The van der Waals surface area contributed by atoms with Crippen molar-refractivity contribution in [3.8, 4) is 0 Å². The molecule has 4 unspecified atom stereocenters. The maximum absolute atomic E-state index is 11.4. The van der Waals surface area contributed by atoms with E-state index in [2.05, 4.69) is 4.74 Å². The number of carboxylic acids is 1. The van der Waals surface area contributed by atoms with Crippen LogP contribution in [-0.4, -0.2) is 24.2 Å². The molecule has 0 radical (unpaired) electrons. The molecule has 0 saturated heterocycles. The smallest absolute Gasteiger partial charge is 0.309 e. The largest absolute Gasteiger partial charge is 0.481 e. The highest BCUT2D eigenvalue weighted by Crippen LogP contribution is 2.41. The number of carbonyl (C=O) groups excluding carboxylic acids is 1. The quantitative estimate of drug-likeness (QED) is 0.679. The molecule has 1 rings (SSSR count). The van der Waals surface area contributed by atoms with Crippen LogP contribution in [0.5, 0.6) is 0 Å². The fourth-order valence-corrected chi connectivity index (χ4v) is 2.50. The minimum Gasteiger partial charge on any atom is -0.481 e. The molecule has 1 N–H and O–H groups in total. The molecule has 4 heteroatoms. The number of ether oxygens (including phenoxy) is 1. The monoisotopic (exact) mass is 200 g/mol. The lowest BCUT2D eigenvalue weighted by Crippen LogP contribution is -2.31. The molecule has 1 saturated carbocycles. The van der Waals surface area contributed by atoms with Crippen LogP contribution >= 0.6 is 0 Å². The number of carbonyl (C=O) groups is 2. The van der Waals surface area contributed by atoms with Gasteiger partial charge < -0.3 is 9.84 Å². The van der Waals surface area contributed by atoms with E-state index in [1.54, 1.807) is 0 Å². The Hall–Kier alpha value is -1.06.